The molecule has 0 saturated carbocycles. The van der Waals surface area contributed by atoms with Gasteiger partial charge < -0.3 is 19.8 Å². The predicted molar refractivity (Wildman–Crippen MR) is 120 cm³/mol. The predicted octanol–water partition coefficient (Wildman–Crippen LogP) is 0.998. The van der Waals surface area contributed by atoms with E-state index in [1.807, 2.05) is 0 Å². The second kappa shape index (κ2) is 8.79. The normalized spacial score (nSPS) is 11.3. The third-order valence-corrected chi connectivity index (χ3v) is 6.62. The van der Waals surface area contributed by atoms with Gasteiger partial charge in [-0.1, -0.05) is 0 Å². The second-order valence-electron chi connectivity index (χ2n) is 7.25. The topological polar surface area (TPSA) is 136 Å². The molecule has 2 amide bonds. The third-order valence-electron chi connectivity index (χ3n) is 4.91. The monoisotopic (exact) mass is 458 g/mol. The molecule has 0 radical (unpaired) electrons. The van der Waals surface area contributed by atoms with Gasteiger partial charge in [-0.3, -0.25) is 19.2 Å². The van der Waals surface area contributed by atoms with E-state index in [1.54, 1.807) is 24.3 Å². The molecule has 32 heavy (non-hydrogen) atoms. The number of anilines is 2. The molecule has 3 aromatic rings. The molecule has 11 heteroatoms. The minimum Gasteiger partial charge on any atom is -0.326 e. The fourth-order valence-electron chi connectivity index (χ4n) is 3.16. The maximum atomic E-state index is 12.8. The number of carbonyl (C=O) groups is 2. The lowest BCUT2D eigenvalue weighted by Gasteiger charge is -2.11. The van der Waals surface area contributed by atoms with Crippen molar-refractivity contribution in [2.24, 2.45) is 14.1 Å². The van der Waals surface area contributed by atoms with Crippen LogP contribution in [0.5, 0.6) is 0 Å². The lowest BCUT2D eigenvalue weighted by Crippen LogP contribution is -2.39. The van der Waals surface area contributed by atoms with E-state index in [4.69, 9.17) is 0 Å². The van der Waals surface area contributed by atoms with Crippen LogP contribution >= 0.6 is 0 Å². The lowest BCUT2D eigenvalue weighted by atomic mass is 10.2. The Kier molecular flexibility index (Phi) is 6.30. The average Bonchev–Trinajstić information content (AvgIpc) is 2.75. The Morgan fingerprint density at radius 3 is 1.94 bits per heavy atom. The van der Waals surface area contributed by atoms with Crippen molar-refractivity contribution in [2.75, 3.05) is 16.4 Å². The number of amides is 2. The Labute approximate surface area is 183 Å². The highest BCUT2D eigenvalue weighted by Crippen LogP contribution is 2.19. The molecule has 0 atom stereocenters. The van der Waals surface area contributed by atoms with E-state index in [1.165, 1.54) is 43.8 Å². The van der Waals surface area contributed by atoms with E-state index >= 15 is 0 Å². The Morgan fingerprint density at radius 1 is 0.844 bits per heavy atom. The average molecular weight is 458 g/mol. The van der Waals surface area contributed by atoms with Gasteiger partial charge in [-0.2, -0.15) is 0 Å². The first-order valence-corrected chi connectivity index (χ1v) is 11.2. The van der Waals surface area contributed by atoms with Crippen LogP contribution < -0.4 is 21.8 Å². The van der Waals surface area contributed by atoms with Crippen LogP contribution in [-0.2, 0) is 33.5 Å². The standard InChI is InChI=1S/C21H22N4O6S/c1-13(26)22-14-4-6-15(7-5-14)23-19(27)10-11-32(30,31)16-8-9-17-18(12-16)25(3)21(29)20(28)24(17)2/h4-9,12H,10-11H2,1-3H3,(H,22,26)(H,23,27). The summed E-state index contributed by atoms with van der Waals surface area (Å²) in [5.41, 5.74) is 0.263. The van der Waals surface area contributed by atoms with Crippen LogP contribution in [0.4, 0.5) is 11.4 Å². The minimum atomic E-state index is -3.82. The van der Waals surface area contributed by atoms with Gasteiger partial charge >= 0.3 is 11.1 Å². The summed E-state index contributed by atoms with van der Waals surface area (Å²) in [6.07, 6.45) is -0.278. The van der Waals surface area contributed by atoms with Crippen LogP contribution in [0.25, 0.3) is 11.0 Å². The first-order valence-electron chi connectivity index (χ1n) is 9.59. The molecule has 168 valence electrons. The van der Waals surface area contributed by atoms with Crippen molar-refractivity contribution < 1.29 is 18.0 Å². The summed E-state index contributed by atoms with van der Waals surface area (Å²) in [6, 6.07) is 10.5. The molecule has 10 nitrogen and oxygen atoms in total. The van der Waals surface area contributed by atoms with Gasteiger partial charge in [-0.15, -0.1) is 0 Å². The van der Waals surface area contributed by atoms with Crippen molar-refractivity contribution in [3.05, 3.63) is 63.2 Å². The molecule has 0 spiro atoms. The van der Waals surface area contributed by atoms with Gasteiger partial charge in [0, 0.05) is 38.8 Å². The summed E-state index contributed by atoms with van der Waals surface area (Å²) in [5, 5.41) is 5.21. The number of hydrogen-bond donors (Lipinski definition) is 2. The van der Waals surface area contributed by atoms with Gasteiger partial charge in [-0.05, 0) is 42.5 Å². The highest BCUT2D eigenvalue weighted by atomic mass is 32.2. The highest BCUT2D eigenvalue weighted by Gasteiger charge is 2.19. The van der Waals surface area contributed by atoms with Gasteiger partial charge in [0.05, 0.1) is 21.7 Å². The zero-order chi connectivity index (χ0) is 23.6. The van der Waals surface area contributed by atoms with Crippen LogP contribution in [0, 0.1) is 0 Å². The molecule has 0 saturated heterocycles. The van der Waals surface area contributed by atoms with Crippen molar-refractivity contribution in [3.63, 3.8) is 0 Å². The molecular formula is C21H22N4O6S. The number of benzene rings is 2. The number of hydrogen-bond acceptors (Lipinski definition) is 6. The fraction of sp³-hybridized carbons (Fsp3) is 0.238. The number of carbonyl (C=O) groups excluding carboxylic acids is 2. The van der Waals surface area contributed by atoms with Crippen LogP contribution in [0.1, 0.15) is 13.3 Å². The van der Waals surface area contributed by atoms with Gasteiger partial charge in [0.1, 0.15) is 0 Å². The minimum absolute atomic E-state index is 0.0499. The molecular weight excluding hydrogens is 436 g/mol. The van der Waals surface area contributed by atoms with Crippen LogP contribution in [0.2, 0.25) is 0 Å². The van der Waals surface area contributed by atoms with Crippen molar-refractivity contribution >= 4 is 44.1 Å². The molecule has 0 aliphatic rings. The molecule has 2 N–H and O–H groups in total. The number of aromatic nitrogens is 2. The number of aryl methyl sites for hydroxylation is 2. The second-order valence-corrected chi connectivity index (χ2v) is 9.36. The van der Waals surface area contributed by atoms with E-state index < -0.39 is 32.6 Å². The van der Waals surface area contributed by atoms with Crippen LogP contribution in [-0.4, -0.2) is 35.1 Å². The summed E-state index contributed by atoms with van der Waals surface area (Å²) in [5.74, 6) is -1.15. The van der Waals surface area contributed by atoms with E-state index in [9.17, 15) is 27.6 Å². The number of nitrogens with zero attached hydrogens (tertiary/aromatic N) is 2. The molecule has 3 rings (SSSR count). The molecule has 2 aromatic carbocycles. The molecule has 0 fully saturated rings. The van der Waals surface area contributed by atoms with Crippen molar-refractivity contribution in [1.29, 1.82) is 0 Å². The third kappa shape index (κ3) is 4.78. The van der Waals surface area contributed by atoms with Gasteiger partial charge in [0.2, 0.25) is 11.8 Å². The Morgan fingerprint density at radius 2 is 1.38 bits per heavy atom. The number of rotatable bonds is 6. The number of nitrogens with one attached hydrogen (secondary N) is 2. The zero-order valence-electron chi connectivity index (χ0n) is 17.7. The van der Waals surface area contributed by atoms with Gasteiger partial charge in [0.25, 0.3) is 0 Å². The summed E-state index contributed by atoms with van der Waals surface area (Å²) in [4.78, 5) is 47.2. The summed E-state index contributed by atoms with van der Waals surface area (Å²) in [6.45, 7) is 1.38. The smallest absolute Gasteiger partial charge is 0.316 e. The highest BCUT2D eigenvalue weighted by molar-refractivity contribution is 7.91. The lowest BCUT2D eigenvalue weighted by molar-refractivity contribution is -0.116. The molecule has 0 unspecified atom stereocenters. The van der Waals surface area contributed by atoms with Crippen molar-refractivity contribution in [1.82, 2.24) is 9.13 Å². The fourth-order valence-corrected chi connectivity index (χ4v) is 4.42. The van der Waals surface area contributed by atoms with E-state index in [2.05, 4.69) is 10.6 Å². The Bertz CT molecular complexity index is 1440. The van der Waals surface area contributed by atoms with E-state index in [0.717, 1.165) is 4.57 Å². The maximum absolute atomic E-state index is 12.8. The first kappa shape index (κ1) is 22.9. The quantitative estimate of drug-likeness (QED) is 0.529. The van der Waals surface area contributed by atoms with E-state index in [-0.39, 0.29) is 17.2 Å². The van der Waals surface area contributed by atoms with Crippen LogP contribution in [0.15, 0.2) is 56.9 Å². The largest absolute Gasteiger partial charge is 0.326 e. The van der Waals surface area contributed by atoms with Crippen molar-refractivity contribution in [3.8, 4) is 0 Å². The molecule has 0 aliphatic carbocycles. The molecule has 1 aromatic heterocycles. The first-order chi connectivity index (χ1) is 15.0. The SMILES string of the molecule is CC(=O)Nc1ccc(NC(=O)CCS(=O)(=O)c2ccc3c(c2)n(C)c(=O)c(=O)n3C)cc1. The maximum Gasteiger partial charge on any atom is 0.316 e. The summed E-state index contributed by atoms with van der Waals surface area (Å²) >= 11 is 0. The molecule has 0 aliphatic heterocycles. The Hall–Kier alpha value is -3.73. The molecule has 0 bridgehead atoms. The zero-order valence-corrected chi connectivity index (χ0v) is 18.5. The van der Waals surface area contributed by atoms with E-state index in [0.29, 0.717) is 22.4 Å². The van der Waals surface area contributed by atoms with Crippen LogP contribution in [0.3, 0.4) is 0 Å². The number of sulfone groups is 1. The van der Waals surface area contributed by atoms with Gasteiger partial charge in [-0.25, -0.2) is 8.42 Å². The summed E-state index contributed by atoms with van der Waals surface area (Å²) in [7, 11) is -0.989. The van der Waals surface area contributed by atoms with Gasteiger partial charge in [0.15, 0.2) is 9.84 Å². The Balaban J connectivity index is 1.74. The number of fused-ring (bicyclic) bond motifs is 1. The van der Waals surface area contributed by atoms with Crippen molar-refractivity contribution in [2.45, 2.75) is 18.2 Å². The molecule has 1 heterocycles. The summed E-state index contributed by atoms with van der Waals surface area (Å²) < 4.78 is 27.8.